The maximum absolute atomic E-state index is 5.34. The summed E-state index contributed by atoms with van der Waals surface area (Å²) in [6.07, 6.45) is 3.70. The van der Waals surface area contributed by atoms with E-state index in [1.807, 2.05) is 48.8 Å². The Morgan fingerprint density at radius 1 is 0.412 bits per heavy atom. The second-order valence-corrected chi connectivity index (χ2v) is 8.82. The summed E-state index contributed by atoms with van der Waals surface area (Å²) in [5, 5.41) is 0. The van der Waals surface area contributed by atoms with Crippen LogP contribution in [0.25, 0.3) is 0 Å². The molecule has 166 valence electrons. The van der Waals surface area contributed by atoms with Crippen LogP contribution in [0.4, 0.5) is 0 Å². The van der Waals surface area contributed by atoms with Crippen molar-refractivity contribution >= 4 is 0 Å². The fraction of sp³-hybridized carbons (Fsp3) is 0.129. The van der Waals surface area contributed by atoms with Crippen LogP contribution in [0.5, 0.6) is 0 Å². The molecular formula is C31H27N3. The monoisotopic (exact) mass is 441 g/mol. The number of hydrogen-bond donors (Lipinski definition) is 0. The molecule has 0 aliphatic carbocycles. The highest BCUT2D eigenvalue weighted by Gasteiger charge is 2.38. The first-order chi connectivity index (χ1) is 16.6. The van der Waals surface area contributed by atoms with Crippen LogP contribution in [0.1, 0.15) is 47.8 Å². The molecule has 0 aliphatic heterocycles. The third kappa shape index (κ3) is 3.69. The first kappa shape index (κ1) is 21.7. The molecule has 0 aliphatic rings. The van der Waals surface area contributed by atoms with Crippen molar-refractivity contribution in [3.63, 3.8) is 0 Å². The summed E-state index contributed by atoms with van der Waals surface area (Å²) in [5.74, 6) is 0. The lowest BCUT2D eigenvalue weighted by atomic mass is 9.73. The number of benzene rings is 2. The fourth-order valence-corrected chi connectivity index (χ4v) is 4.71. The van der Waals surface area contributed by atoms with Crippen LogP contribution in [0, 0.1) is 0 Å². The normalized spacial score (nSPS) is 14.6. The molecule has 3 nitrogen and oxygen atoms in total. The molecule has 0 amide bonds. The lowest BCUT2D eigenvalue weighted by molar-refractivity contribution is 0.600. The Balaban J connectivity index is 1.74. The highest BCUT2D eigenvalue weighted by molar-refractivity contribution is 5.48. The zero-order valence-electron chi connectivity index (χ0n) is 19.5. The maximum Gasteiger partial charge on any atom is 0.0768 e. The summed E-state index contributed by atoms with van der Waals surface area (Å²) in [7, 11) is 0. The van der Waals surface area contributed by atoms with Crippen LogP contribution in [0.3, 0.4) is 0 Å². The van der Waals surface area contributed by atoms with E-state index >= 15 is 0 Å². The quantitative estimate of drug-likeness (QED) is 0.299. The predicted molar refractivity (Wildman–Crippen MR) is 137 cm³/mol. The Morgan fingerprint density at radius 2 is 0.794 bits per heavy atom. The largest absolute Gasteiger partial charge is 0.260 e. The van der Waals surface area contributed by atoms with E-state index in [1.165, 1.54) is 0 Å². The van der Waals surface area contributed by atoms with Gasteiger partial charge in [-0.25, -0.2) is 0 Å². The standard InChI is InChI=1S/C31H27N3/c1-30(24-14-5-3-6-15-24,26-18-9-11-22-32-26)28-20-13-21-29(34-28)31(2,25-16-7-4-8-17-25)27-19-10-12-23-33-27/h3-23H,1-2H3. The first-order valence-corrected chi connectivity index (χ1v) is 11.6. The number of rotatable bonds is 6. The molecule has 5 rings (SSSR count). The summed E-state index contributed by atoms with van der Waals surface area (Å²) in [5.41, 5.74) is 5.10. The van der Waals surface area contributed by atoms with Gasteiger partial charge in [-0.15, -0.1) is 0 Å². The van der Waals surface area contributed by atoms with Crippen LogP contribution in [-0.2, 0) is 10.8 Å². The van der Waals surface area contributed by atoms with Gasteiger partial charge in [-0.05, 0) is 61.4 Å². The molecule has 2 atom stereocenters. The molecule has 0 saturated carbocycles. The minimum absolute atomic E-state index is 0.514. The van der Waals surface area contributed by atoms with Gasteiger partial charge in [0.25, 0.3) is 0 Å². The molecule has 0 N–H and O–H groups in total. The molecular weight excluding hydrogens is 414 g/mol. The van der Waals surface area contributed by atoms with Crippen molar-refractivity contribution < 1.29 is 0 Å². The van der Waals surface area contributed by atoms with Crippen molar-refractivity contribution in [3.05, 3.63) is 162 Å². The average molecular weight is 442 g/mol. The highest BCUT2D eigenvalue weighted by Crippen LogP contribution is 2.40. The van der Waals surface area contributed by atoms with Gasteiger partial charge in [0.2, 0.25) is 0 Å². The van der Waals surface area contributed by atoms with Gasteiger partial charge in [0.1, 0.15) is 0 Å². The van der Waals surface area contributed by atoms with Crippen LogP contribution < -0.4 is 0 Å². The zero-order chi connectivity index (χ0) is 23.4. The fourth-order valence-electron chi connectivity index (χ4n) is 4.71. The second kappa shape index (κ2) is 9.03. The summed E-state index contributed by atoms with van der Waals surface area (Å²) in [6, 6.07) is 39.4. The molecule has 34 heavy (non-hydrogen) atoms. The van der Waals surface area contributed by atoms with Crippen molar-refractivity contribution in [1.29, 1.82) is 0 Å². The molecule has 3 heteroatoms. The van der Waals surface area contributed by atoms with E-state index in [9.17, 15) is 0 Å². The predicted octanol–water partition coefficient (Wildman–Crippen LogP) is 6.58. The number of pyridine rings is 3. The SMILES string of the molecule is CC(c1ccccc1)(c1ccccn1)c1cccc(C(C)(c2ccccc2)c2ccccn2)n1. The lowest BCUT2D eigenvalue weighted by Gasteiger charge is -2.33. The zero-order valence-corrected chi connectivity index (χ0v) is 19.5. The number of hydrogen-bond acceptors (Lipinski definition) is 3. The molecule has 0 radical (unpaired) electrons. The molecule has 0 bridgehead atoms. The molecule has 2 aromatic carbocycles. The van der Waals surface area contributed by atoms with Crippen LogP contribution in [0.2, 0.25) is 0 Å². The summed E-state index contributed by atoms with van der Waals surface area (Å²) >= 11 is 0. The van der Waals surface area contributed by atoms with E-state index in [0.29, 0.717) is 0 Å². The third-order valence-corrected chi connectivity index (χ3v) is 6.83. The second-order valence-electron chi connectivity index (χ2n) is 8.82. The molecule has 0 spiro atoms. The number of nitrogens with zero attached hydrogens (tertiary/aromatic N) is 3. The molecule has 3 heterocycles. The molecule has 0 fully saturated rings. The van der Waals surface area contributed by atoms with Crippen LogP contribution in [0.15, 0.2) is 128 Å². The summed E-state index contributed by atoms with van der Waals surface area (Å²) in [4.78, 5) is 14.9. The van der Waals surface area contributed by atoms with E-state index in [-0.39, 0.29) is 0 Å². The van der Waals surface area contributed by atoms with Gasteiger partial charge < -0.3 is 0 Å². The van der Waals surface area contributed by atoms with Gasteiger partial charge in [-0.2, -0.15) is 0 Å². The summed E-state index contributed by atoms with van der Waals surface area (Å²) < 4.78 is 0. The molecule has 2 unspecified atom stereocenters. The third-order valence-electron chi connectivity index (χ3n) is 6.83. The Hall–Kier alpha value is -4.11. The van der Waals surface area contributed by atoms with Crippen molar-refractivity contribution in [2.24, 2.45) is 0 Å². The highest BCUT2D eigenvalue weighted by atomic mass is 14.8. The van der Waals surface area contributed by atoms with E-state index in [4.69, 9.17) is 15.0 Å². The van der Waals surface area contributed by atoms with Crippen molar-refractivity contribution in [2.75, 3.05) is 0 Å². The van der Waals surface area contributed by atoms with E-state index in [0.717, 1.165) is 33.9 Å². The maximum atomic E-state index is 5.34. The van der Waals surface area contributed by atoms with Gasteiger partial charge in [-0.1, -0.05) is 78.9 Å². The molecule has 3 aromatic heterocycles. The smallest absolute Gasteiger partial charge is 0.0768 e. The minimum atomic E-state index is -0.514. The van der Waals surface area contributed by atoms with Crippen LogP contribution >= 0.6 is 0 Å². The topological polar surface area (TPSA) is 38.7 Å². The van der Waals surface area contributed by atoms with Crippen molar-refractivity contribution in [3.8, 4) is 0 Å². The minimum Gasteiger partial charge on any atom is -0.260 e. The van der Waals surface area contributed by atoms with E-state index < -0.39 is 10.8 Å². The molecule has 0 saturated heterocycles. The first-order valence-electron chi connectivity index (χ1n) is 11.6. The van der Waals surface area contributed by atoms with Gasteiger partial charge in [0.15, 0.2) is 0 Å². The van der Waals surface area contributed by atoms with Crippen molar-refractivity contribution in [2.45, 2.75) is 24.7 Å². The Labute approximate surface area is 201 Å². The average Bonchev–Trinajstić information content (AvgIpc) is 2.94. The Morgan fingerprint density at radius 3 is 1.18 bits per heavy atom. The number of aromatic nitrogens is 3. The lowest BCUT2D eigenvalue weighted by Crippen LogP contribution is -2.32. The van der Waals surface area contributed by atoms with Gasteiger partial charge in [-0.3, -0.25) is 15.0 Å². The molecule has 5 aromatic rings. The van der Waals surface area contributed by atoms with E-state index in [1.54, 1.807) is 0 Å². The Bertz CT molecular complexity index is 1170. The summed E-state index contributed by atoms with van der Waals surface area (Å²) in [6.45, 7) is 4.41. The van der Waals surface area contributed by atoms with Gasteiger partial charge in [0, 0.05) is 12.4 Å². The van der Waals surface area contributed by atoms with Crippen LogP contribution in [-0.4, -0.2) is 15.0 Å². The van der Waals surface area contributed by atoms with Crippen molar-refractivity contribution in [1.82, 2.24) is 15.0 Å². The van der Waals surface area contributed by atoms with Gasteiger partial charge >= 0.3 is 0 Å². The van der Waals surface area contributed by atoms with Gasteiger partial charge in [0.05, 0.1) is 33.6 Å². The Kier molecular flexibility index (Phi) is 5.77. The van der Waals surface area contributed by atoms with E-state index in [2.05, 4.69) is 92.7 Å².